The molecule has 0 spiro atoms. The summed E-state index contributed by atoms with van der Waals surface area (Å²) in [7, 11) is -4.39. The molecule has 0 unspecified atom stereocenters. The number of phosphoric ester groups is 1. The molecule has 0 aromatic heterocycles. The van der Waals surface area contributed by atoms with Gasteiger partial charge in [0.15, 0.2) is 6.29 Å². The SMILES string of the molecule is CC(=O)N[C@@H]1[C@@H](OCc2ccccc2)[C@@H](OP(=O)(OCc2ccccc2)OCc2ccccc2)O[C@H](COCc2ccccc2)[C@H]1OCc1ccccc1. The first kappa shape index (κ1) is 39.2. The Kier molecular flexibility index (Phi) is 14.7. The van der Waals surface area contributed by atoms with Gasteiger partial charge in [-0.15, -0.1) is 0 Å². The van der Waals surface area contributed by atoms with Crippen LogP contribution in [0, 0.1) is 0 Å². The summed E-state index contributed by atoms with van der Waals surface area (Å²) in [6.45, 7) is 2.01. The van der Waals surface area contributed by atoms with Crippen LogP contribution in [0.15, 0.2) is 152 Å². The number of phosphoric acid groups is 1. The summed E-state index contributed by atoms with van der Waals surface area (Å²) in [4.78, 5) is 12.9. The molecule has 1 aliphatic heterocycles. The van der Waals surface area contributed by atoms with Crippen LogP contribution in [0.5, 0.6) is 0 Å². The topological polar surface area (TPSA) is 111 Å². The fourth-order valence-electron chi connectivity index (χ4n) is 6.01. The first-order valence-corrected chi connectivity index (χ1v) is 19.4. The van der Waals surface area contributed by atoms with E-state index in [4.69, 9.17) is 32.5 Å². The van der Waals surface area contributed by atoms with Crippen molar-refractivity contribution in [2.45, 2.75) is 70.6 Å². The normalized spacial score (nSPS) is 20.0. The molecular formula is C43H46NO9P. The minimum Gasteiger partial charge on any atom is -0.374 e. The molecule has 1 aliphatic rings. The molecule has 1 amide bonds. The number of amides is 1. The fraction of sp³-hybridized carbons (Fsp3) is 0.279. The van der Waals surface area contributed by atoms with Crippen molar-refractivity contribution >= 4 is 13.7 Å². The zero-order valence-electron chi connectivity index (χ0n) is 30.2. The molecule has 1 heterocycles. The Morgan fingerprint density at radius 1 is 0.574 bits per heavy atom. The molecule has 10 nitrogen and oxygen atoms in total. The van der Waals surface area contributed by atoms with Gasteiger partial charge in [0, 0.05) is 6.92 Å². The monoisotopic (exact) mass is 751 g/mol. The number of nitrogens with one attached hydrogen (secondary N) is 1. The second-order valence-electron chi connectivity index (χ2n) is 12.9. The van der Waals surface area contributed by atoms with Crippen LogP contribution < -0.4 is 5.32 Å². The van der Waals surface area contributed by atoms with Gasteiger partial charge < -0.3 is 24.3 Å². The summed E-state index contributed by atoms with van der Waals surface area (Å²) in [6.07, 6.45) is -3.98. The molecule has 5 aromatic carbocycles. The summed E-state index contributed by atoms with van der Waals surface area (Å²) in [5, 5.41) is 3.05. The maximum Gasteiger partial charge on any atom is 0.477 e. The summed E-state index contributed by atoms with van der Waals surface area (Å²) >= 11 is 0. The van der Waals surface area contributed by atoms with Crippen LogP contribution >= 0.6 is 7.82 Å². The Labute approximate surface area is 316 Å². The second-order valence-corrected chi connectivity index (χ2v) is 14.5. The van der Waals surface area contributed by atoms with Crippen LogP contribution in [0.3, 0.4) is 0 Å². The Morgan fingerprint density at radius 2 is 0.963 bits per heavy atom. The van der Waals surface area contributed by atoms with Gasteiger partial charge in [-0.05, 0) is 27.8 Å². The van der Waals surface area contributed by atoms with Crippen molar-refractivity contribution in [3.8, 4) is 0 Å². The van der Waals surface area contributed by atoms with Gasteiger partial charge in [0.1, 0.15) is 18.3 Å². The van der Waals surface area contributed by atoms with Crippen LogP contribution in [0.4, 0.5) is 0 Å². The van der Waals surface area contributed by atoms with Crippen molar-refractivity contribution < 1.29 is 41.9 Å². The Balaban J connectivity index is 1.33. The molecule has 5 aromatic rings. The van der Waals surface area contributed by atoms with Gasteiger partial charge in [0.2, 0.25) is 5.91 Å². The lowest BCUT2D eigenvalue weighted by atomic mass is 9.95. The summed E-state index contributed by atoms with van der Waals surface area (Å²) < 4.78 is 59.1. The van der Waals surface area contributed by atoms with E-state index < -0.39 is 38.5 Å². The van der Waals surface area contributed by atoms with Gasteiger partial charge in [0.25, 0.3) is 0 Å². The minimum absolute atomic E-state index is 0.0513. The van der Waals surface area contributed by atoms with E-state index in [1.807, 2.05) is 152 Å². The zero-order chi connectivity index (χ0) is 37.4. The largest absolute Gasteiger partial charge is 0.477 e. The van der Waals surface area contributed by atoms with Crippen molar-refractivity contribution in [3.63, 3.8) is 0 Å². The molecule has 0 saturated carbocycles. The van der Waals surface area contributed by atoms with Crippen molar-refractivity contribution in [2.75, 3.05) is 6.61 Å². The van der Waals surface area contributed by atoms with Gasteiger partial charge >= 0.3 is 7.82 Å². The molecule has 11 heteroatoms. The summed E-state index contributed by atoms with van der Waals surface area (Å²) in [5.41, 5.74) is 4.30. The number of benzene rings is 5. The molecule has 0 radical (unpaired) electrons. The van der Waals surface area contributed by atoms with E-state index in [0.717, 1.165) is 27.8 Å². The quantitative estimate of drug-likeness (QED) is 0.0836. The third-order valence-electron chi connectivity index (χ3n) is 8.68. The van der Waals surface area contributed by atoms with Gasteiger partial charge in [0.05, 0.1) is 45.7 Å². The highest BCUT2D eigenvalue weighted by atomic mass is 31.2. The number of ether oxygens (including phenoxy) is 4. The number of carbonyl (C=O) groups is 1. The average molecular weight is 752 g/mol. The number of hydrogen-bond donors (Lipinski definition) is 1. The number of carbonyl (C=O) groups excluding carboxylic acids is 1. The second kappa shape index (κ2) is 20.3. The molecule has 0 bridgehead atoms. The van der Waals surface area contributed by atoms with Crippen molar-refractivity contribution in [1.29, 1.82) is 0 Å². The van der Waals surface area contributed by atoms with E-state index >= 15 is 0 Å². The minimum atomic E-state index is -4.39. The molecule has 282 valence electrons. The van der Waals surface area contributed by atoms with Gasteiger partial charge in [-0.25, -0.2) is 4.57 Å². The summed E-state index contributed by atoms with van der Waals surface area (Å²) in [6, 6.07) is 46.8. The van der Waals surface area contributed by atoms with Crippen LogP contribution in [0.25, 0.3) is 0 Å². The Hall–Kier alpha value is -4.48. The first-order chi connectivity index (χ1) is 26.4. The lowest BCUT2D eigenvalue weighted by molar-refractivity contribution is -0.280. The Bertz CT molecular complexity index is 1820. The van der Waals surface area contributed by atoms with E-state index in [-0.39, 0.29) is 38.9 Å². The van der Waals surface area contributed by atoms with Gasteiger partial charge in [-0.2, -0.15) is 0 Å². The van der Waals surface area contributed by atoms with Crippen molar-refractivity contribution in [2.24, 2.45) is 0 Å². The average Bonchev–Trinajstić information content (AvgIpc) is 3.21. The highest BCUT2D eigenvalue weighted by Crippen LogP contribution is 2.53. The molecule has 6 rings (SSSR count). The Morgan fingerprint density at radius 3 is 1.39 bits per heavy atom. The van der Waals surface area contributed by atoms with Crippen LogP contribution in [0.1, 0.15) is 34.7 Å². The lowest BCUT2D eigenvalue weighted by Gasteiger charge is -2.46. The van der Waals surface area contributed by atoms with E-state index in [2.05, 4.69) is 5.32 Å². The number of rotatable bonds is 19. The number of hydrogen-bond acceptors (Lipinski definition) is 9. The molecule has 0 aliphatic carbocycles. The molecule has 1 fully saturated rings. The van der Waals surface area contributed by atoms with Crippen LogP contribution in [-0.4, -0.2) is 43.2 Å². The first-order valence-electron chi connectivity index (χ1n) is 17.9. The molecule has 54 heavy (non-hydrogen) atoms. The molecule has 5 atom stereocenters. The predicted octanol–water partition coefficient (Wildman–Crippen LogP) is 8.16. The molecule has 1 saturated heterocycles. The highest BCUT2D eigenvalue weighted by Gasteiger charge is 2.51. The van der Waals surface area contributed by atoms with Gasteiger partial charge in [-0.3, -0.25) is 18.4 Å². The third-order valence-corrected chi connectivity index (χ3v) is 10.0. The summed E-state index contributed by atoms with van der Waals surface area (Å²) in [5.74, 6) is -0.324. The lowest BCUT2D eigenvalue weighted by Crippen LogP contribution is -2.66. The maximum atomic E-state index is 14.7. The molecular weight excluding hydrogens is 705 g/mol. The maximum absolute atomic E-state index is 14.7. The fourth-order valence-corrected chi connectivity index (χ4v) is 7.24. The van der Waals surface area contributed by atoms with Crippen LogP contribution in [0.2, 0.25) is 0 Å². The van der Waals surface area contributed by atoms with E-state index in [1.54, 1.807) is 0 Å². The zero-order valence-corrected chi connectivity index (χ0v) is 31.1. The molecule has 1 N–H and O–H groups in total. The van der Waals surface area contributed by atoms with E-state index in [1.165, 1.54) is 6.92 Å². The smallest absolute Gasteiger partial charge is 0.374 e. The van der Waals surface area contributed by atoms with E-state index in [0.29, 0.717) is 6.61 Å². The van der Waals surface area contributed by atoms with Crippen molar-refractivity contribution in [3.05, 3.63) is 179 Å². The van der Waals surface area contributed by atoms with Crippen molar-refractivity contribution in [1.82, 2.24) is 5.32 Å². The predicted molar refractivity (Wildman–Crippen MR) is 204 cm³/mol. The van der Waals surface area contributed by atoms with E-state index in [9.17, 15) is 9.36 Å². The van der Waals surface area contributed by atoms with Crippen LogP contribution in [-0.2, 0) is 74.9 Å². The highest BCUT2D eigenvalue weighted by molar-refractivity contribution is 7.48. The third kappa shape index (κ3) is 12.0. The van der Waals surface area contributed by atoms with Gasteiger partial charge in [-0.1, -0.05) is 152 Å². The standard InChI is InChI=1S/C43H46NO9P/c1-33(45)44-40-41(48-28-35-19-9-3-10-20-35)39(32-47-27-34-17-7-2-8-18-34)52-43(42(40)49-29-36-21-11-4-12-22-36)53-54(46,50-30-37-23-13-5-14-24-37)51-31-38-25-15-6-16-26-38/h2-26,39-43H,27-32H2,1H3,(H,44,45)/t39-,40+,41-,42-,43-/m1/s1.